The Bertz CT molecular complexity index is 539. The molecule has 0 aliphatic carbocycles. The SMILES string of the molecule is CC.NC(=O)c1cc(Oc2ccc(N)cc2)ccn1. The van der Waals surface area contributed by atoms with Gasteiger partial charge in [0.15, 0.2) is 0 Å². The highest BCUT2D eigenvalue weighted by molar-refractivity contribution is 5.91. The second-order valence-electron chi connectivity index (χ2n) is 3.41. The number of primary amides is 1. The van der Waals surface area contributed by atoms with Gasteiger partial charge in [-0.3, -0.25) is 9.78 Å². The van der Waals surface area contributed by atoms with Crippen LogP contribution in [0.1, 0.15) is 24.3 Å². The lowest BCUT2D eigenvalue weighted by atomic mass is 10.3. The number of anilines is 1. The van der Waals surface area contributed by atoms with Crippen molar-refractivity contribution in [2.24, 2.45) is 5.73 Å². The van der Waals surface area contributed by atoms with Crippen LogP contribution in [0.5, 0.6) is 11.5 Å². The van der Waals surface area contributed by atoms with Crippen molar-refractivity contribution in [2.45, 2.75) is 13.8 Å². The van der Waals surface area contributed by atoms with Gasteiger partial charge in [0.05, 0.1) is 0 Å². The van der Waals surface area contributed by atoms with Gasteiger partial charge in [0.2, 0.25) is 0 Å². The molecule has 0 unspecified atom stereocenters. The molecule has 4 N–H and O–H groups in total. The summed E-state index contributed by atoms with van der Waals surface area (Å²) in [4.78, 5) is 14.8. The molecule has 1 aromatic carbocycles. The maximum Gasteiger partial charge on any atom is 0.267 e. The van der Waals surface area contributed by atoms with Crippen molar-refractivity contribution < 1.29 is 9.53 Å². The highest BCUT2D eigenvalue weighted by atomic mass is 16.5. The highest BCUT2D eigenvalue weighted by Crippen LogP contribution is 2.22. The molecule has 2 aromatic rings. The topological polar surface area (TPSA) is 91.2 Å². The predicted molar refractivity (Wildman–Crippen MR) is 75.0 cm³/mol. The second kappa shape index (κ2) is 7.00. The van der Waals surface area contributed by atoms with Gasteiger partial charge < -0.3 is 16.2 Å². The van der Waals surface area contributed by atoms with Gasteiger partial charge in [-0.2, -0.15) is 0 Å². The molecule has 0 atom stereocenters. The molecule has 0 aliphatic heterocycles. The van der Waals surface area contributed by atoms with Crippen LogP contribution >= 0.6 is 0 Å². The molecule has 0 fully saturated rings. The van der Waals surface area contributed by atoms with Gasteiger partial charge >= 0.3 is 0 Å². The number of hydrogen-bond acceptors (Lipinski definition) is 4. The molecular formula is C14H17N3O2. The maximum atomic E-state index is 10.9. The molecule has 0 bridgehead atoms. The number of nitrogen functional groups attached to an aromatic ring is 1. The standard InChI is InChI=1S/C12H11N3O2.C2H6/c13-8-1-3-9(4-2-8)17-10-5-6-15-11(7-10)12(14)16;1-2/h1-7H,13H2,(H2,14,16);1-2H3. The zero-order valence-corrected chi connectivity index (χ0v) is 11.0. The summed E-state index contributed by atoms with van der Waals surface area (Å²) in [5.74, 6) is 0.534. The van der Waals surface area contributed by atoms with Crippen LogP contribution in [-0.4, -0.2) is 10.9 Å². The van der Waals surface area contributed by atoms with E-state index >= 15 is 0 Å². The molecule has 0 saturated carbocycles. The Balaban J connectivity index is 0.000000861. The monoisotopic (exact) mass is 259 g/mol. The fourth-order valence-electron chi connectivity index (χ4n) is 1.28. The summed E-state index contributed by atoms with van der Waals surface area (Å²) < 4.78 is 5.52. The van der Waals surface area contributed by atoms with E-state index in [-0.39, 0.29) is 5.69 Å². The Kier molecular flexibility index (Phi) is 5.35. The fraction of sp³-hybridized carbons (Fsp3) is 0.143. The number of carbonyl (C=O) groups excluding carboxylic acids is 1. The summed E-state index contributed by atoms with van der Waals surface area (Å²) in [6.07, 6.45) is 1.47. The molecule has 1 heterocycles. The number of nitrogens with zero attached hydrogens (tertiary/aromatic N) is 1. The van der Waals surface area contributed by atoms with Crippen molar-refractivity contribution in [3.05, 3.63) is 48.3 Å². The third-order valence-corrected chi connectivity index (χ3v) is 2.10. The second-order valence-corrected chi connectivity index (χ2v) is 3.41. The van der Waals surface area contributed by atoms with E-state index in [1.165, 1.54) is 12.3 Å². The number of pyridine rings is 1. The third-order valence-electron chi connectivity index (χ3n) is 2.10. The van der Waals surface area contributed by atoms with Crippen molar-refractivity contribution in [1.82, 2.24) is 4.98 Å². The predicted octanol–water partition coefficient (Wildman–Crippen LogP) is 2.58. The Labute approximate surface area is 112 Å². The van der Waals surface area contributed by atoms with Crippen molar-refractivity contribution in [3.63, 3.8) is 0 Å². The van der Waals surface area contributed by atoms with Gasteiger partial charge in [0.1, 0.15) is 17.2 Å². The lowest BCUT2D eigenvalue weighted by Gasteiger charge is -2.06. The number of benzene rings is 1. The van der Waals surface area contributed by atoms with Gasteiger partial charge in [-0.05, 0) is 30.3 Å². The summed E-state index contributed by atoms with van der Waals surface area (Å²) in [5.41, 5.74) is 11.5. The minimum Gasteiger partial charge on any atom is -0.457 e. The van der Waals surface area contributed by atoms with E-state index in [1.54, 1.807) is 30.3 Å². The van der Waals surface area contributed by atoms with E-state index in [4.69, 9.17) is 16.2 Å². The molecule has 19 heavy (non-hydrogen) atoms. The van der Waals surface area contributed by atoms with Gasteiger partial charge in [0.25, 0.3) is 5.91 Å². The average molecular weight is 259 g/mol. The summed E-state index contributed by atoms with van der Waals surface area (Å²) in [5, 5.41) is 0. The van der Waals surface area contributed by atoms with Crippen LogP contribution in [0.3, 0.4) is 0 Å². The van der Waals surface area contributed by atoms with E-state index in [9.17, 15) is 4.79 Å². The molecule has 0 spiro atoms. The normalized spacial score (nSPS) is 9.16. The van der Waals surface area contributed by atoms with Crippen LogP contribution in [0.25, 0.3) is 0 Å². The van der Waals surface area contributed by atoms with Gasteiger partial charge in [-0.15, -0.1) is 0 Å². The van der Waals surface area contributed by atoms with Crippen LogP contribution in [-0.2, 0) is 0 Å². The summed E-state index contributed by atoms with van der Waals surface area (Å²) in [6.45, 7) is 4.00. The van der Waals surface area contributed by atoms with Gasteiger partial charge in [-0.25, -0.2) is 0 Å². The van der Waals surface area contributed by atoms with Crippen LogP contribution < -0.4 is 16.2 Å². The minimum atomic E-state index is -0.590. The largest absolute Gasteiger partial charge is 0.457 e. The maximum absolute atomic E-state index is 10.9. The zero-order valence-electron chi connectivity index (χ0n) is 11.0. The number of ether oxygens (including phenoxy) is 1. The van der Waals surface area contributed by atoms with Crippen molar-refractivity contribution in [2.75, 3.05) is 5.73 Å². The molecule has 2 rings (SSSR count). The number of rotatable bonds is 3. The Morgan fingerprint density at radius 3 is 2.32 bits per heavy atom. The third kappa shape index (κ3) is 4.31. The molecule has 1 amide bonds. The number of aromatic nitrogens is 1. The van der Waals surface area contributed by atoms with Gasteiger partial charge in [-0.1, -0.05) is 13.8 Å². The Morgan fingerprint density at radius 1 is 1.11 bits per heavy atom. The molecule has 0 saturated heterocycles. The van der Waals surface area contributed by atoms with Crippen molar-refractivity contribution in [3.8, 4) is 11.5 Å². The van der Waals surface area contributed by atoms with Crippen LogP contribution in [0.15, 0.2) is 42.6 Å². The van der Waals surface area contributed by atoms with Gasteiger partial charge in [0, 0.05) is 18.0 Å². The minimum absolute atomic E-state index is 0.165. The summed E-state index contributed by atoms with van der Waals surface area (Å²) >= 11 is 0. The van der Waals surface area contributed by atoms with Crippen molar-refractivity contribution in [1.29, 1.82) is 0 Å². The molecule has 0 aliphatic rings. The first-order valence-electron chi connectivity index (χ1n) is 5.94. The lowest BCUT2D eigenvalue weighted by molar-refractivity contribution is 0.0995. The fourth-order valence-corrected chi connectivity index (χ4v) is 1.28. The van der Waals surface area contributed by atoms with E-state index in [0.717, 1.165) is 0 Å². The number of hydrogen-bond donors (Lipinski definition) is 2. The van der Waals surface area contributed by atoms with Crippen molar-refractivity contribution >= 4 is 11.6 Å². The van der Waals surface area contributed by atoms with E-state index < -0.39 is 5.91 Å². The summed E-state index contributed by atoms with van der Waals surface area (Å²) in [6, 6.07) is 10.1. The quantitative estimate of drug-likeness (QED) is 0.829. The van der Waals surface area contributed by atoms with Crippen LogP contribution in [0.4, 0.5) is 5.69 Å². The Morgan fingerprint density at radius 2 is 1.74 bits per heavy atom. The average Bonchev–Trinajstić information content (AvgIpc) is 2.44. The molecule has 5 nitrogen and oxygen atoms in total. The number of nitrogens with two attached hydrogens (primary N) is 2. The van der Waals surface area contributed by atoms with E-state index in [1.807, 2.05) is 13.8 Å². The lowest BCUT2D eigenvalue weighted by Crippen LogP contribution is -2.12. The molecule has 1 aromatic heterocycles. The highest BCUT2D eigenvalue weighted by Gasteiger charge is 2.04. The molecule has 0 radical (unpaired) electrons. The Hall–Kier alpha value is -2.56. The number of amides is 1. The summed E-state index contributed by atoms with van der Waals surface area (Å²) in [7, 11) is 0. The first kappa shape index (κ1) is 14.5. The smallest absolute Gasteiger partial charge is 0.267 e. The molecular weight excluding hydrogens is 242 g/mol. The van der Waals surface area contributed by atoms with E-state index in [0.29, 0.717) is 17.2 Å². The molecule has 5 heteroatoms. The van der Waals surface area contributed by atoms with Crippen LogP contribution in [0.2, 0.25) is 0 Å². The molecule has 100 valence electrons. The van der Waals surface area contributed by atoms with Crippen LogP contribution in [0, 0.1) is 0 Å². The van der Waals surface area contributed by atoms with E-state index in [2.05, 4.69) is 4.98 Å². The first-order chi connectivity index (χ1) is 9.15. The first-order valence-corrected chi connectivity index (χ1v) is 5.94. The zero-order chi connectivity index (χ0) is 14.3. The number of carbonyl (C=O) groups is 1.